The third-order valence-corrected chi connectivity index (χ3v) is 4.28. The van der Waals surface area contributed by atoms with E-state index >= 15 is 0 Å². The van der Waals surface area contributed by atoms with Crippen LogP contribution in [0.15, 0.2) is 110 Å². The van der Waals surface area contributed by atoms with Crippen LogP contribution in [0.5, 0.6) is 0 Å². The minimum atomic E-state index is -0.952. The maximum Gasteiger partial charge on any atom is 0.337 e. The Morgan fingerprint density at radius 1 is 0.767 bits per heavy atom. The van der Waals surface area contributed by atoms with Gasteiger partial charge in [-0.3, -0.25) is 0 Å². The minimum Gasteiger partial charge on any atom is -0.478 e. The van der Waals surface area contributed by atoms with Crippen LogP contribution in [0.4, 0.5) is 17.1 Å². The van der Waals surface area contributed by atoms with Crippen molar-refractivity contribution in [2.75, 3.05) is 11.1 Å². The standard InChI is InChI=1S/C19H16N2O2.C6H7N/c20-15-9-5-13(6-10-15)14-7-11-16(12-8-14)21-18-4-2-1-3-17(18)19(22)23;1-2-4-6-7-5-3-1/h1-12,21H,20H2,(H,22,23);1-7H. The van der Waals surface area contributed by atoms with Gasteiger partial charge in [0.2, 0.25) is 0 Å². The number of benzene rings is 3. The molecule has 0 radical (unpaired) electrons. The van der Waals surface area contributed by atoms with Gasteiger partial charge in [0.25, 0.3) is 0 Å². The number of hydrogen-bond acceptors (Lipinski definition) is 4. The van der Waals surface area contributed by atoms with Crippen LogP contribution >= 0.6 is 0 Å². The number of nitrogen functional groups attached to an aromatic ring is 1. The molecule has 3 aromatic carbocycles. The Morgan fingerprint density at radius 2 is 1.33 bits per heavy atom. The van der Waals surface area contributed by atoms with Crippen LogP contribution < -0.4 is 16.4 Å². The molecule has 5 nitrogen and oxygen atoms in total. The van der Waals surface area contributed by atoms with Gasteiger partial charge in [-0.25, -0.2) is 4.79 Å². The molecule has 3 aromatic rings. The zero-order valence-corrected chi connectivity index (χ0v) is 16.3. The smallest absolute Gasteiger partial charge is 0.337 e. The Morgan fingerprint density at radius 3 is 1.93 bits per heavy atom. The maximum atomic E-state index is 11.2. The van der Waals surface area contributed by atoms with Crippen molar-refractivity contribution in [3.63, 3.8) is 0 Å². The summed E-state index contributed by atoms with van der Waals surface area (Å²) in [5.41, 5.74) is 10.2. The highest BCUT2D eigenvalue weighted by atomic mass is 16.4. The first-order valence-electron chi connectivity index (χ1n) is 9.43. The number of aromatic carboxylic acids is 1. The predicted octanol–water partition coefficient (Wildman–Crippen LogP) is 5.55. The van der Waals surface area contributed by atoms with Crippen LogP contribution in [0.1, 0.15) is 10.4 Å². The van der Waals surface area contributed by atoms with Gasteiger partial charge >= 0.3 is 5.97 Å². The number of para-hydroxylation sites is 1. The molecule has 0 amide bonds. The van der Waals surface area contributed by atoms with Gasteiger partial charge in [-0.1, -0.05) is 48.6 Å². The molecule has 5 heteroatoms. The van der Waals surface area contributed by atoms with Gasteiger partial charge in [-0.2, -0.15) is 0 Å². The molecule has 0 saturated carbocycles. The lowest BCUT2D eigenvalue weighted by Gasteiger charge is -2.10. The van der Waals surface area contributed by atoms with E-state index in [1.54, 1.807) is 24.3 Å². The van der Waals surface area contributed by atoms with Crippen LogP contribution in [0.25, 0.3) is 11.1 Å². The Bertz CT molecular complexity index is 1050. The van der Waals surface area contributed by atoms with Crippen molar-refractivity contribution < 1.29 is 9.90 Å². The lowest BCUT2D eigenvalue weighted by atomic mass is 10.0. The second-order valence-corrected chi connectivity index (χ2v) is 6.44. The molecule has 0 unspecified atom stereocenters. The second-order valence-electron chi connectivity index (χ2n) is 6.44. The highest BCUT2D eigenvalue weighted by molar-refractivity contribution is 5.95. The van der Waals surface area contributed by atoms with E-state index < -0.39 is 5.97 Å². The summed E-state index contributed by atoms with van der Waals surface area (Å²) in [5.74, 6) is -0.952. The molecule has 0 fully saturated rings. The van der Waals surface area contributed by atoms with Crippen LogP contribution in [0.3, 0.4) is 0 Å². The third kappa shape index (κ3) is 5.87. The van der Waals surface area contributed by atoms with E-state index in [4.69, 9.17) is 5.73 Å². The number of nitrogens with one attached hydrogen (secondary N) is 2. The molecule has 1 aliphatic heterocycles. The van der Waals surface area contributed by atoms with Crippen molar-refractivity contribution in [1.82, 2.24) is 5.32 Å². The van der Waals surface area contributed by atoms with Gasteiger partial charge in [-0.05, 0) is 59.7 Å². The number of carboxylic acids is 1. The quantitative estimate of drug-likeness (QED) is 0.434. The van der Waals surface area contributed by atoms with Crippen molar-refractivity contribution >= 4 is 23.0 Å². The number of carbonyl (C=O) groups is 1. The summed E-state index contributed by atoms with van der Waals surface area (Å²) in [7, 11) is 0. The first kappa shape index (κ1) is 20.5. The number of anilines is 3. The normalized spacial score (nSPS) is 11.6. The lowest BCUT2D eigenvalue weighted by Crippen LogP contribution is -2.02. The average molecular weight is 397 g/mol. The summed E-state index contributed by atoms with van der Waals surface area (Å²) in [4.78, 5) is 11.2. The van der Waals surface area contributed by atoms with Crippen LogP contribution in [-0.4, -0.2) is 11.1 Å². The molecule has 0 aromatic heterocycles. The lowest BCUT2D eigenvalue weighted by molar-refractivity contribution is 0.0698. The third-order valence-electron chi connectivity index (χ3n) is 4.28. The average Bonchev–Trinajstić information content (AvgIpc) is 3.09. The number of rotatable bonds is 4. The first-order valence-corrected chi connectivity index (χ1v) is 9.43. The molecule has 0 spiro atoms. The molecule has 0 aliphatic carbocycles. The zero-order chi connectivity index (χ0) is 21.2. The van der Waals surface area contributed by atoms with Crippen molar-refractivity contribution in [3.8, 4) is 11.1 Å². The molecule has 150 valence electrons. The van der Waals surface area contributed by atoms with Crippen LogP contribution in [-0.2, 0) is 0 Å². The number of carboxylic acid groups (broad SMARTS) is 1. The Balaban J connectivity index is 0.000000310. The van der Waals surface area contributed by atoms with Crippen LogP contribution in [0, 0.1) is 0 Å². The fraction of sp³-hybridized carbons (Fsp3) is 0. The van der Waals surface area contributed by atoms with Gasteiger partial charge in [0.05, 0.1) is 11.3 Å². The van der Waals surface area contributed by atoms with Gasteiger partial charge in [0.15, 0.2) is 0 Å². The zero-order valence-electron chi connectivity index (χ0n) is 16.3. The molecule has 30 heavy (non-hydrogen) atoms. The van der Waals surface area contributed by atoms with E-state index in [1.165, 1.54) is 0 Å². The van der Waals surface area contributed by atoms with Crippen LogP contribution in [0.2, 0.25) is 0 Å². The maximum absolute atomic E-state index is 11.2. The minimum absolute atomic E-state index is 0.245. The number of hydrogen-bond donors (Lipinski definition) is 4. The van der Waals surface area contributed by atoms with Crippen molar-refractivity contribution in [2.24, 2.45) is 0 Å². The van der Waals surface area contributed by atoms with E-state index in [2.05, 4.69) is 10.6 Å². The van der Waals surface area contributed by atoms with Gasteiger partial charge in [-0.15, -0.1) is 0 Å². The number of nitrogens with two attached hydrogens (primary N) is 1. The largest absolute Gasteiger partial charge is 0.478 e. The van der Waals surface area contributed by atoms with E-state index in [0.717, 1.165) is 22.5 Å². The number of allylic oxidation sites excluding steroid dienone is 4. The fourth-order valence-electron chi connectivity index (χ4n) is 2.76. The van der Waals surface area contributed by atoms with Gasteiger partial charge in [0, 0.05) is 23.8 Å². The molecule has 1 aliphatic rings. The SMILES string of the molecule is C1=CC=CNC=C1.Nc1ccc(-c2ccc(Nc3ccccc3C(=O)O)cc2)cc1. The van der Waals surface area contributed by atoms with Crippen molar-refractivity contribution in [1.29, 1.82) is 0 Å². The van der Waals surface area contributed by atoms with Gasteiger partial charge < -0.3 is 21.5 Å². The first-order chi connectivity index (χ1) is 14.6. The fourth-order valence-corrected chi connectivity index (χ4v) is 2.76. The Hall–Kier alpha value is -4.25. The van der Waals surface area contributed by atoms with E-state index in [9.17, 15) is 9.90 Å². The molecule has 5 N–H and O–H groups in total. The van der Waals surface area contributed by atoms with E-state index in [-0.39, 0.29) is 5.56 Å². The Labute approximate surface area is 175 Å². The van der Waals surface area contributed by atoms with Crippen molar-refractivity contribution in [3.05, 3.63) is 115 Å². The van der Waals surface area contributed by atoms with E-state index in [1.807, 2.05) is 85.2 Å². The summed E-state index contributed by atoms with van der Waals surface area (Å²) in [6, 6.07) is 22.3. The molecule has 0 atom stereocenters. The second kappa shape index (κ2) is 10.3. The molecular formula is C25H23N3O2. The molecule has 0 bridgehead atoms. The Kier molecular flexibility index (Phi) is 7.06. The monoisotopic (exact) mass is 397 g/mol. The van der Waals surface area contributed by atoms with Gasteiger partial charge in [0.1, 0.15) is 0 Å². The molecule has 0 saturated heterocycles. The summed E-state index contributed by atoms with van der Waals surface area (Å²) in [5, 5.41) is 15.3. The summed E-state index contributed by atoms with van der Waals surface area (Å²) < 4.78 is 0. The summed E-state index contributed by atoms with van der Waals surface area (Å²) in [6.07, 6.45) is 11.6. The van der Waals surface area contributed by atoms with E-state index in [0.29, 0.717) is 5.69 Å². The summed E-state index contributed by atoms with van der Waals surface area (Å²) in [6.45, 7) is 0. The van der Waals surface area contributed by atoms with Crippen molar-refractivity contribution in [2.45, 2.75) is 0 Å². The molecule has 4 rings (SSSR count). The highest BCUT2D eigenvalue weighted by Gasteiger charge is 2.08. The molecule has 1 heterocycles. The predicted molar refractivity (Wildman–Crippen MR) is 124 cm³/mol. The highest BCUT2D eigenvalue weighted by Crippen LogP contribution is 2.25. The topological polar surface area (TPSA) is 87.4 Å². The molecular weight excluding hydrogens is 374 g/mol. The summed E-state index contributed by atoms with van der Waals surface area (Å²) >= 11 is 0.